The fraction of sp³-hybridized carbons (Fsp3) is 0.632. The summed E-state index contributed by atoms with van der Waals surface area (Å²) in [6.07, 6.45) is 4.62. The average Bonchev–Trinajstić information content (AvgIpc) is 2.61. The monoisotopic (exact) mass is 352 g/mol. The maximum Gasteiger partial charge on any atom is 0.253 e. The van der Waals surface area contributed by atoms with Crippen LogP contribution in [0.4, 0.5) is 0 Å². The Balaban J connectivity index is 1.98. The van der Waals surface area contributed by atoms with Gasteiger partial charge in [0.05, 0.1) is 6.10 Å². The van der Waals surface area contributed by atoms with Crippen molar-refractivity contribution < 1.29 is 9.53 Å². The minimum atomic E-state index is 0.0666. The number of piperidine rings is 1. The van der Waals surface area contributed by atoms with E-state index < -0.39 is 0 Å². The Hall–Kier alpha value is -1.10. The van der Waals surface area contributed by atoms with E-state index in [1.54, 1.807) is 31.4 Å². The van der Waals surface area contributed by atoms with Crippen LogP contribution in [-0.4, -0.2) is 61.6 Å². The number of likely N-dealkylation sites (tertiary alicyclic amines) is 1. The standard InChI is InChI=1S/C19H29ClN2O2/c1-4-5-17(14-22-12-10-18(24-3)11-13-22)21(2)19(23)15-6-8-16(20)9-7-15/h6-9,17-18H,4-5,10-14H2,1-3H3/t17-/m0/s1. The van der Waals surface area contributed by atoms with Crippen LogP contribution in [0.25, 0.3) is 0 Å². The molecule has 0 aliphatic carbocycles. The number of carbonyl (C=O) groups is 1. The maximum atomic E-state index is 12.8. The number of hydrogen-bond acceptors (Lipinski definition) is 3. The molecule has 0 aromatic heterocycles. The number of carbonyl (C=O) groups excluding carboxylic acids is 1. The molecule has 5 heteroatoms. The number of likely N-dealkylation sites (N-methyl/N-ethyl adjacent to an activating group) is 1. The summed E-state index contributed by atoms with van der Waals surface area (Å²) in [5.41, 5.74) is 0.695. The predicted octanol–water partition coefficient (Wildman–Crippen LogP) is 3.69. The molecule has 1 saturated heterocycles. The summed E-state index contributed by atoms with van der Waals surface area (Å²) in [5.74, 6) is 0.0666. The molecule has 0 spiro atoms. The molecule has 0 N–H and O–H groups in total. The van der Waals surface area contributed by atoms with E-state index in [1.807, 2.05) is 11.9 Å². The second-order valence-electron chi connectivity index (χ2n) is 6.60. The van der Waals surface area contributed by atoms with Crippen LogP contribution in [0.5, 0.6) is 0 Å². The van der Waals surface area contributed by atoms with Crippen molar-refractivity contribution in [2.75, 3.05) is 33.8 Å². The van der Waals surface area contributed by atoms with Crippen LogP contribution < -0.4 is 0 Å². The van der Waals surface area contributed by atoms with Gasteiger partial charge in [-0.3, -0.25) is 4.79 Å². The van der Waals surface area contributed by atoms with Crippen molar-refractivity contribution in [3.8, 4) is 0 Å². The Labute approximate surface area is 150 Å². The number of halogens is 1. The second kappa shape index (κ2) is 9.40. The first-order valence-electron chi connectivity index (χ1n) is 8.83. The van der Waals surface area contributed by atoms with E-state index in [9.17, 15) is 4.79 Å². The van der Waals surface area contributed by atoms with Gasteiger partial charge in [-0.15, -0.1) is 0 Å². The first-order chi connectivity index (χ1) is 11.5. The Morgan fingerprint density at radius 1 is 1.33 bits per heavy atom. The lowest BCUT2D eigenvalue weighted by Crippen LogP contribution is -2.47. The highest BCUT2D eigenvalue weighted by atomic mass is 35.5. The number of hydrogen-bond donors (Lipinski definition) is 0. The summed E-state index contributed by atoms with van der Waals surface area (Å²) < 4.78 is 5.44. The van der Waals surface area contributed by atoms with E-state index in [-0.39, 0.29) is 11.9 Å². The number of benzene rings is 1. The Morgan fingerprint density at radius 2 is 1.96 bits per heavy atom. The fourth-order valence-electron chi connectivity index (χ4n) is 3.33. The number of rotatable bonds is 7. The van der Waals surface area contributed by atoms with Crippen LogP contribution in [0.2, 0.25) is 5.02 Å². The Kier molecular flexibility index (Phi) is 7.53. The van der Waals surface area contributed by atoms with Crippen molar-refractivity contribution in [3.63, 3.8) is 0 Å². The third kappa shape index (κ3) is 5.20. The first-order valence-corrected chi connectivity index (χ1v) is 9.20. The van der Waals surface area contributed by atoms with E-state index in [0.29, 0.717) is 16.7 Å². The van der Waals surface area contributed by atoms with E-state index in [0.717, 1.165) is 45.3 Å². The van der Waals surface area contributed by atoms with Gasteiger partial charge >= 0.3 is 0 Å². The largest absolute Gasteiger partial charge is 0.381 e. The summed E-state index contributed by atoms with van der Waals surface area (Å²) in [4.78, 5) is 17.1. The van der Waals surface area contributed by atoms with Gasteiger partial charge in [0.15, 0.2) is 0 Å². The van der Waals surface area contributed by atoms with E-state index in [4.69, 9.17) is 16.3 Å². The number of ether oxygens (including phenoxy) is 1. The van der Waals surface area contributed by atoms with Gasteiger partial charge in [0.25, 0.3) is 5.91 Å². The van der Waals surface area contributed by atoms with Crippen molar-refractivity contribution in [3.05, 3.63) is 34.9 Å². The minimum absolute atomic E-state index is 0.0666. The molecule has 1 aromatic carbocycles. The summed E-state index contributed by atoms with van der Waals surface area (Å²) in [7, 11) is 3.71. The van der Waals surface area contributed by atoms with Crippen molar-refractivity contribution in [1.29, 1.82) is 0 Å². The zero-order valence-electron chi connectivity index (χ0n) is 15.0. The minimum Gasteiger partial charge on any atom is -0.381 e. The van der Waals surface area contributed by atoms with Gasteiger partial charge in [-0.05, 0) is 43.5 Å². The van der Waals surface area contributed by atoms with Gasteiger partial charge in [0.1, 0.15) is 0 Å². The molecule has 0 saturated carbocycles. The molecule has 1 fully saturated rings. The molecule has 1 heterocycles. The molecule has 24 heavy (non-hydrogen) atoms. The maximum absolute atomic E-state index is 12.8. The molecule has 2 rings (SSSR count). The van der Waals surface area contributed by atoms with Crippen molar-refractivity contribution in [2.45, 2.75) is 44.8 Å². The third-order valence-electron chi connectivity index (χ3n) is 4.92. The fourth-order valence-corrected chi connectivity index (χ4v) is 3.45. The highest BCUT2D eigenvalue weighted by molar-refractivity contribution is 6.30. The summed E-state index contributed by atoms with van der Waals surface area (Å²) in [6, 6.07) is 7.37. The molecular formula is C19H29ClN2O2. The number of nitrogens with zero attached hydrogens (tertiary/aromatic N) is 2. The molecule has 134 valence electrons. The normalized spacial score (nSPS) is 17.7. The van der Waals surface area contributed by atoms with Crippen LogP contribution in [0.1, 0.15) is 43.0 Å². The summed E-state index contributed by atoms with van der Waals surface area (Å²) >= 11 is 5.92. The SMILES string of the molecule is CCC[C@@H](CN1CCC(OC)CC1)N(C)C(=O)c1ccc(Cl)cc1. The van der Waals surface area contributed by atoms with Gasteiger partial charge in [0, 0.05) is 50.4 Å². The van der Waals surface area contributed by atoms with Gasteiger partial charge in [-0.1, -0.05) is 24.9 Å². The zero-order valence-corrected chi connectivity index (χ0v) is 15.8. The third-order valence-corrected chi connectivity index (χ3v) is 5.17. The van der Waals surface area contributed by atoms with Gasteiger partial charge in [-0.2, -0.15) is 0 Å². The van der Waals surface area contributed by atoms with Crippen LogP contribution in [0, 0.1) is 0 Å². The summed E-state index contributed by atoms with van der Waals surface area (Å²) in [5, 5.41) is 0.653. The molecule has 4 nitrogen and oxygen atoms in total. The number of amides is 1. The summed E-state index contributed by atoms with van der Waals surface area (Å²) in [6.45, 7) is 5.19. The molecule has 1 amide bonds. The van der Waals surface area contributed by atoms with E-state index in [1.165, 1.54) is 0 Å². The average molecular weight is 353 g/mol. The number of methoxy groups -OCH3 is 1. The van der Waals surface area contributed by atoms with E-state index >= 15 is 0 Å². The molecule has 1 aromatic rings. The lowest BCUT2D eigenvalue weighted by molar-refractivity contribution is 0.0305. The lowest BCUT2D eigenvalue weighted by atomic mass is 10.0. The van der Waals surface area contributed by atoms with Gasteiger partial charge in [-0.25, -0.2) is 0 Å². The van der Waals surface area contributed by atoms with Crippen LogP contribution in [0.15, 0.2) is 24.3 Å². The zero-order chi connectivity index (χ0) is 17.5. The van der Waals surface area contributed by atoms with Gasteiger partial charge in [0.2, 0.25) is 0 Å². The smallest absolute Gasteiger partial charge is 0.253 e. The van der Waals surface area contributed by atoms with E-state index in [2.05, 4.69) is 11.8 Å². The second-order valence-corrected chi connectivity index (χ2v) is 7.04. The van der Waals surface area contributed by atoms with Crippen LogP contribution in [-0.2, 0) is 4.74 Å². The van der Waals surface area contributed by atoms with Crippen molar-refractivity contribution in [2.24, 2.45) is 0 Å². The highest BCUT2D eigenvalue weighted by Crippen LogP contribution is 2.18. The Morgan fingerprint density at radius 3 is 2.50 bits per heavy atom. The predicted molar refractivity (Wildman–Crippen MR) is 98.7 cm³/mol. The topological polar surface area (TPSA) is 32.8 Å². The lowest BCUT2D eigenvalue weighted by Gasteiger charge is -2.37. The molecule has 1 aliphatic rings. The molecule has 1 aliphatic heterocycles. The van der Waals surface area contributed by atoms with Crippen molar-refractivity contribution in [1.82, 2.24) is 9.80 Å². The van der Waals surface area contributed by atoms with Crippen LogP contribution >= 0.6 is 11.6 Å². The van der Waals surface area contributed by atoms with Crippen LogP contribution in [0.3, 0.4) is 0 Å². The molecule has 0 unspecified atom stereocenters. The molecule has 1 atom stereocenters. The highest BCUT2D eigenvalue weighted by Gasteiger charge is 2.25. The molecule has 0 bridgehead atoms. The van der Waals surface area contributed by atoms with Crippen molar-refractivity contribution >= 4 is 17.5 Å². The molecular weight excluding hydrogens is 324 g/mol. The quantitative estimate of drug-likeness (QED) is 0.750. The van der Waals surface area contributed by atoms with Gasteiger partial charge < -0.3 is 14.5 Å². The first kappa shape index (κ1) is 19.2. The molecule has 0 radical (unpaired) electrons. The Bertz CT molecular complexity index is 513.